The zero-order valence-corrected chi connectivity index (χ0v) is 9.51. The lowest BCUT2D eigenvalue weighted by molar-refractivity contribution is 0.117. The van der Waals surface area contributed by atoms with Crippen molar-refractivity contribution in [3.05, 3.63) is 53.6 Å². The van der Waals surface area contributed by atoms with Gasteiger partial charge in [0.25, 0.3) is 0 Å². The predicted molar refractivity (Wildman–Crippen MR) is 67.4 cm³/mol. The highest BCUT2D eigenvalue weighted by molar-refractivity contribution is 6.14. The van der Waals surface area contributed by atoms with Gasteiger partial charge < -0.3 is 5.11 Å². The van der Waals surface area contributed by atoms with Crippen LogP contribution < -0.4 is 0 Å². The van der Waals surface area contributed by atoms with E-state index in [-0.39, 0.29) is 0 Å². The minimum Gasteiger partial charge on any atom is -0.366 e. The first kappa shape index (κ1) is 11.3. The molecule has 1 aromatic carbocycles. The van der Waals surface area contributed by atoms with Crippen molar-refractivity contribution in [2.24, 2.45) is 4.99 Å². The fraction of sp³-hybridized carbons (Fsp3) is 0.143. The molecular weight excluding hydrogens is 212 g/mol. The van der Waals surface area contributed by atoms with E-state index in [4.69, 9.17) is 5.26 Å². The van der Waals surface area contributed by atoms with Crippen LogP contribution in [0.2, 0.25) is 0 Å². The molecule has 0 radical (unpaired) electrons. The van der Waals surface area contributed by atoms with Crippen LogP contribution in [0.4, 0.5) is 0 Å². The van der Waals surface area contributed by atoms with Crippen LogP contribution in [-0.4, -0.2) is 17.0 Å². The van der Waals surface area contributed by atoms with E-state index in [0.29, 0.717) is 11.1 Å². The molecular formula is C14H12N2O. The Kier molecular flexibility index (Phi) is 2.66. The summed E-state index contributed by atoms with van der Waals surface area (Å²) < 4.78 is 0. The Labute approximate surface area is 100 Å². The van der Waals surface area contributed by atoms with Gasteiger partial charge in [-0.3, -0.25) is 4.99 Å². The lowest BCUT2D eigenvalue weighted by Crippen LogP contribution is -2.20. The van der Waals surface area contributed by atoms with E-state index < -0.39 is 5.72 Å². The molecule has 3 nitrogen and oxygen atoms in total. The van der Waals surface area contributed by atoms with E-state index in [1.807, 2.05) is 12.1 Å². The standard InChI is InChI=1S/C14H12N2O/c1-3-13-12(9-16-14(13,2)17)11-6-4-10(8-15)5-7-11/h3-7,9,17H,1H2,2H3. The number of aliphatic imine (C=N–C) groups is 1. The summed E-state index contributed by atoms with van der Waals surface area (Å²) in [7, 11) is 0. The Hall–Kier alpha value is -2.18. The first-order valence-electron chi connectivity index (χ1n) is 5.24. The molecule has 1 unspecified atom stereocenters. The van der Waals surface area contributed by atoms with E-state index in [0.717, 1.165) is 11.1 Å². The maximum absolute atomic E-state index is 10.0. The number of benzene rings is 1. The maximum atomic E-state index is 10.0. The molecule has 0 amide bonds. The Balaban J connectivity index is 2.50. The van der Waals surface area contributed by atoms with Gasteiger partial charge in [-0.25, -0.2) is 0 Å². The number of rotatable bonds is 2. The molecule has 1 atom stereocenters. The van der Waals surface area contributed by atoms with Gasteiger partial charge in [0.15, 0.2) is 5.72 Å². The van der Waals surface area contributed by atoms with Crippen molar-refractivity contribution in [1.82, 2.24) is 0 Å². The van der Waals surface area contributed by atoms with Crippen molar-refractivity contribution < 1.29 is 5.11 Å². The topological polar surface area (TPSA) is 56.4 Å². The van der Waals surface area contributed by atoms with Gasteiger partial charge in [0, 0.05) is 17.4 Å². The summed E-state index contributed by atoms with van der Waals surface area (Å²) in [6.07, 6.45) is 3.25. The van der Waals surface area contributed by atoms with Crippen molar-refractivity contribution >= 4 is 11.8 Å². The van der Waals surface area contributed by atoms with Crippen molar-refractivity contribution in [1.29, 1.82) is 5.26 Å². The molecule has 0 saturated heterocycles. The highest BCUT2D eigenvalue weighted by Crippen LogP contribution is 2.32. The number of nitriles is 1. The Bertz CT molecular complexity index is 557. The van der Waals surface area contributed by atoms with Gasteiger partial charge in [0.1, 0.15) is 0 Å². The Morgan fingerprint density at radius 3 is 2.59 bits per heavy atom. The number of hydrogen-bond acceptors (Lipinski definition) is 3. The third kappa shape index (κ3) is 1.91. The van der Waals surface area contributed by atoms with E-state index in [1.165, 1.54) is 0 Å². The van der Waals surface area contributed by atoms with Crippen molar-refractivity contribution in [2.75, 3.05) is 0 Å². The fourth-order valence-electron chi connectivity index (χ4n) is 1.84. The minimum absolute atomic E-state index is 0.608. The quantitative estimate of drug-likeness (QED) is 0.837. The van der Waals surface area contributed by atoms with E-state index in [1.54, 1.807) is 31.3 Å². The second-order valence-corrected chi connectivity index (χ2v) is 4.00. The lowest BCUT2D eigenvalue weighted by atomic mass is 9.97. The molecule has 2 rings (SSSR count). The van der Waals surface area contributed by atoms with Gasteiger partial charge in [0.05, 0.1) is 11.6 Å². The molecule has 0 aliphatic carbocycles. The van der Waals surface area contributed by atoms with E-state index in [9.17, 15) is 5.11 Å². The normalized spacial score (nSPS) is 22.6. The van der Waals surface area contributed by atoms with Crippen LogP contribution in [0, 0.1) is 11.3 Å². The van der Waals surface area contributed by atoms with Crippen LogP contribution >= 0.6 is 0 Å². The summed E-state index contributed by atoms with van der Waals surface area (Å²) in [5.41, 5.74) is 1.85. The second kappa shape index (κ2) is 4.00. The monoisotopic (exact) mass is 224 g/mol. The largest absolute Gasteiger partial charge is 0.366 e. The van der Waals surface area contributed by atoms with Crippen molar-refractivity contribution in [3.63, 3.8) is 0 Å². The van der Waals surface area contributed by atoms with Crippen LogP contribution in [-0.2, 0) is 0 Å². The molecule has 0 aromatic heterocycles. The van der Waals surface area contributed by atoms with Crippen LogP contribution in [0.5, 0.6) is 0 Å². The molecule has 0 saturated carbocycles. The molecule has 1 N–H and O–H groups in total. The summed E-state index contributed by atoms with van der Waals surface area (Å²) in [6.45, 7) is 5.32. The molecule has 3 heteroatoms. The van der Waals surface area contributed by atoms with E-state index >= 15 is 0 Å². The highest BCUT2D eigenvalue weighted by atomic mass is 16.3. The minimum atomic E-state index is -1.20. The highest BCUT2D eigenvalue weighted by Gasteiger charge is 2.29. The summed E-state index contributed by atoms with van der Waals surface area (Å²) in [4.78, 5) is 4.04. The smallest absolute Gasteiger partial charge is 0.179 e. The third-order valence-corrected chi connectivity index (χ3v) is 2.77. The predicted octanol–water partition coefficient (Wildman–Crippen LogP) is 2.29. The summed E-state index contributed by atoms with van der Waals surface area (Å²) in [5.74, 6) is 0. The molecule has 0 fully saturated rings. The zero-order valence-electron chi connectivity index (χ0n) is 9.51. The van der Waals surface area contributed by atoms with Crippen molar-refractivity contribution in [2.45, 2.75) is 12.6 Å². The molecule has 1 aliphatic heterocycles. The molecule has 1 aromatic rings. The van der Waals surface area contributed by atoms with Crippen molar-refractivity contribution in [3.8, 4) is 6.07 Å². The summed E-state index contributed by atoms with van der Waals surface area (Å²) in [5, 5.41) is 18.7. The molecule has 84 valence electrons. The second-order valence-electron chi connectivity index (χ2n) is 4.00. The van der Waals surface area contributed by atoms with Gasteiger partial charge in [-0.05, 0) is 24.6 Å². The number of aliphatic hydroxyl groups is 1. The van der Waals surface area contributed by atoms with Crippen LogP contribution in [0.25, 0.3) is 5.57 Å². The van der Waals surface area contributed by atoms with Crippen LogP contribution in [0.3, 0.4) is 0 Å². The number of nitrogens with zero attached hydrogens (tertiary/aromatic N) is 2. The van der Waals surface area contributed by atoms with Gasteiger partial charge in [-0.15, -0.1) is 0 Å². The Morgan fingerprint density at radius 2 is 2.06 bits per heavy atom. The summed E-state index contributed by atoms with van der Waals surface area (Å²) >= 11 is 0. The molecule has 0 bridgehead atoms. The fourth-order valence-corrected chi connectivity index (χ4v) is 1.84. The molecule has 0 spiro atoms. The average molecular weight is 224 g/mol. The summed E-state index contributed by atoms with van der Waals surface area (Å²) in [6, 6.07) is 9.22. The third-order valence-electron chi connectivity index (χ3n) is 2.77. The van der Waals surface area contributed by atoms with Gasteiger partial charge >= 0.3 is 0 Å². The number of allylic oxidation sites excluding steroid dienone is 1. The van der Waals surface area contributed by atoms with E-state index in [2.05, 4.69) is 17.6 Å². The molecule has 17 heavy (non-hydrogen) atoms. The SMILES string of the molecule is C=CC1=C(c2ccc(C#N)cc2)C=NC1(C)O. The number of hydrogen-bond donors (Lipinski definition) is 1. The molecule has 1 aliphatic rings. The first-order valence-corrected chi connectivity index (χ1v) is 5.24. The van der Waals surface area contributed by atoms with Gasteiger partial charge in [-0.2, -0.15) is 5.26 Å². The van der Waals surface area contributed by atoms with Crippen LogP contribution in [0.15, 0.2) is 47.5 Å². The lowest BCUT2D eigenvalue weighted by Gasteiger charge is -2.15. The first-order chi connectivity index (χ1) is 8.08. The van der Waals surface area contributed by atoms with Gasteiger partial charge in [-0.1, -0.05) is 24.8 Å². The Morgan fingerprint density at radius 1 is 1.41 bits per heavy atom. The zero-order chi connectivity index (χ0) is 12.5. The average Bonchev–Trinajstić information content (AvgIpc) is 2.64. The van der Waals surface area contributed by atoms with Gasteiger partial charge in [0.2, 0.25) is 0 Å². The maximum Gasteiger partial charge on any atom is 0.179 e. The molecule has 1 heterocycles. The van der Waals surface area contributed by atoms with Crippen LogP contribution in [0.1, 0.15) is 18.1 Å².